The molecule has 0 unspecified atom stereocenters. The van der Waals surface area contributed by atoms with Gasteiger partial charge < -0.3 is 0 Å². The molecule has 0 saturated heterocycles. The Morgan fingerprint density at radius 3 is 1.90 bits per heavy atom. The minimum Gasteiger partial charge on any atom is -0.260 e. The van der Waals surface area contributed by atoms with Crippen LogP contribution in [0.15, 0.2) is 97.5 Å². The van der Waals surface area contributed by atoms with E-state index in [0.29, 0.717) is 0 Å². The number of benzene rings is 3. The summed E-state index contributed by atoms with van der Waals surface area (Å²) in [5.41, 5.74) is 8.34. The van der Waals surface area contributed by atoms with E-state index in [-0.39, 0.29) is 16.2 Å². The zero-order chi connectivity index (χ0) is 29.7. The normalized spacial score (nSPS) is 12.8. The maximum absolute atomic E-state index is 4.97. The van der Waals surface area contributed by atoms with Gasteiger partial charge in [-0.3, -0.25) is 15.0 Å². The zero-order valence-electron chi connectivity index (χ0n) is 26.0. The molecule has 3 aromatic heterocycles. The van der Waals surface area contributed by atoms with Crippen molar-refractivity contribution in [3.8, 4) is 0 Å². The van der Waals surface area contributed by atoms with Crippen molar-refractivity contribution in [2.24, 2.45) is 0 Å². The summed E-state index contributed by atoms with van der Waals surface area (Å²) < 4.78 is 0. The average Bonchev–Trinajstić information content (AvgIpc) is 2.96. The van der Waals surface area contributed by atoms with Crippen LogP contribution in [0.4, 0.5) is 0 Å². The molecule has 0 fully saturated rings. The molecule has 0 amide bonds. The molecule has 6 rings (SSSR count). The van der Waals surface area contributed by atoms with Gasteiger partial charge in [0.2, 0.25) is 0 Å². The molecular formula is C39H41N3. The summed E-state index contributed by atoms with van der Waals surface area (Å²) >= 11 is 0. The molecule has 0 bridgehead atoms. The number of hydrogen-bond donors (Lipinski definition) is 0. The molecule has 3 heteroatoms. The lowest BCUT2D eigenvalue weighted by Crippen LogP contribution is -2.23. The van der Waals surface area contributed by atoms with Crippen molar-refractivity contribution < 1.29 is 0 Å². The van der Waals surface area contributed by atoms with Crippen LogP contribution in [-0.4, -0.2) is 15.0 Å². The van der Waals surface area contributed by atoms with Crippen LogP contribution in [-0.2, 0) is 29.1 Å². The maximum Gasteiger partial charge on any atom is 0.0739 e. The van der Waals surface area contributed by atoms with Crippen LogP contribution in [0.3, 0.4) is 0 Å². The van der Waals surface area contributed by atoms with E-state index in [9.17, 15) is 0 Å². The van der Waals surface area contributed by atoms with Gasteiger partial charge in [0.05, 0.1) is 16.7 Å². The Morgan fingerprint density at radius 2 is 1.12 bits per heavy atom. The van der Waals surface area contributed by atoms with E-state index in [2.05, 4.69) is 121 Å². The van der Waals surface area contributed by atoms with Crippen molar-refractivity contribution in [2.75, 3.05) is 0 Å². The first kappa shape index (κ1) is 28.0. The fourth-order valence-electron chi connectivity index (χ4n) is 6.78. The molecule has 6 aromatic rings. The van der Waals surface area contributed by atoms with Gasteiger partial charge in [0.15, 0.2) is 0 Å². The van der Waals surface area contributed by atoms with Gasteiger partial charge in [-0.1, -0.05) is 109 Å². The van der Waals surface area contributed by atoms with Crippen LogP contribution in [0.2, 0.25) is 0 Å². The Labute approximate surface area is 250 Å². The Hall–Kier alpha value is -4.11. The first-order valence-corrected chi connectivity index (χ1v) is 15.0. The summed E-state index contributed by atoms with van der Waals surface area (Å²) in [6.07, 6.45) is 7.60. The molecule has 0 radical (unpaired) electrons. The largest absolute Gasteiger partial charge is 0.260 e. The summed E-state index contributed by atoms with van der Waals surface area (Å²) in [5.74, 6) is 0. The van der Waals surface area contributed by atoms with Crippen LogP contribution in [0.1, 0.15) is 76.4 Å². The molecule has 0 atom stereocenters. The minimum atomic E-state index is -0.114. The second-order valence-electron chi connectivity index (χ2n) is 14.1. The van der Waals surface area contributed by atoms with E-state index < -0.39 is 0 Å². The molecule has 3 nitrogen and oxygen atoms in total. The van der Waals surface area contributed by atoms with Crippen LogP contribution in [0, 0.1) is 0 Å². The molecule has 3 aromatic carbocycles. The van der Waals surface area contributed by atoms with Crippen molar-refractivity contribution in [3.63, 3.8) is 0 Å². The number of rotatable bonds is 6. The molecule has 0 spiro atoms. The van der Waals surface area contributed by atoms with Crippen molar-refractivity contribution in [1.82, 2.24) is 15.0 Å². The smallest absolute Gasteiger partial charge is 0.0739 e. The number of pyridine rings is 3. The molecule has 42 heavy (non-hydrogen) atoms. The Kier molecular flexibility index (Phi) is 6.88. The van der Waals surface area contributed by atoms with Gasteiger partial charge >= 0.3 is 0 Å². The lowest BCUT2D eigenvalue weighted by atomic mass is 9.74. The standard InChI is InChI=1S/C39H41N3/c1-37(2,3)36-30-15-8-13-27(29(30)20-23-42-36)24-38(4,5)32-19-18-28(34-31(32)16-11-22-40-34)25-39(6,7)33-17-9-12-26-14-10-21-41-35(26)33/h8-23H,24-25H2,1-7H3. The highest BCUT2D eigenvalue weighted by Crippen LogP contribution is 2.39. The molecule has 0 aliphatic rings. The van der Waals surface area contributed by atoms with E-state index in [1.807, 2.05) is 24.7 Å². The SMILES string of the molecule is CC(C)(C)c1nccc2c(CC(C)(C)c3ccc(CC(C)(C)c4cccc5cccnc45)c4ncccc34)cccc12. The van der Waals surface area contributed by atoms with E-state index in [4.69, 9.17) is 15.0 Å². The second-order valence-corrected chi connectivity index (χ2v) is 14.1. The van der Waals surface area contributed by atoms with Gasteiger partial charge in [-0.25, -0.2) is 0 Å². The van der Waals surface area contributed by atoms with E-state index in [0.717, 1.165) is 29.6 Å². The first-order valence-electron chi connectivity index (χ1n) is 15.0. The minimum absolute atomic E-state index is 0.0127. The quantitative estimate of drug-likeness (QED) is 0.207. The molecule has 0 N–H and O–H groups in total. The molecule has 3 heterocycles. The Bertz CT molecular complexity index is 1920. The first-order chi connectivity index (χ1) is 20.0. The lowest BCUT2D eigenvalue weighted by Gasteiger charge is -2.30. The highest BCUT2D eigenvalue weighted by molar-refractivity contribution is 5.89. The predicted molar refractivity (Wildman–Crippen MR) is 177 cm³/mol. The Balaban J connectivity index is 1.40. The highest BCUT2D eigenvalue weighted by atomic mass is 14.7. The summed E-state index contributed by atoms with van der Waals surface area (Å²) in [5, 5.41) is 4.98. The van der Waals surface area contributed by atoms with Crippen molar-refractivity contribution >= 4 is 32.6 Å². The maximum atomic E-state index is 4.97. The monoisotopic (exact) mass is 551 g/mol. The number of hydrogen-bond acceptors (Lipinski definition) is 3. The zero-order valence-corrected chi connectivity index (χ0v) is 26.0. The fourth-order valence-corrected chi connectivity index (χ4v) is 6.78. The van der Waals surface area contributed by atoms with E-state index >= 15 is 0 Å². The summed E-state index contributed by atoms with van der Waals surface area (Å²) in [6.45, 7) is 16.1. The summed E-state index contributed by atoms with van der Waals surface area (Å²) in [7, 11) is 0. The number of para-hydroxylation sites is 1. The van der Waals surface area contributed by atoms with Crippen molar-refractivity contribution in [1.29, 1.82) is 0 Å². The van der Waals surface area contributed by atoms with Crippen LogP contribution in [0.25, 0.3) is 32.6 Å². The van der Waals surface area contributed by atoms with Gasteiger partial charge in [-0.15, -0.1) is 0 Å². The topological polar surface area (TPSA) is 38.7 Å². The van der Waals surface area contributed by atoms with E-state index in [1.165, 1.54) is 43.8 Å². The average molecular weight is 552 g/mol. The molecular weight excluding hydrogens is 510 g/mol. The molecule has 0 saturated carbocycles. The van der Waals surface area contributed by atoms with Gasteiger partial charge in [0, 0.05) is 40.2 Å². The van der Waals surface area contributed by atoms with Gasteiger partial charge in [0.1, 0.15) is 0 Å². The lowest BCUT2D eigenvalue weighted by molar-refractivity contribution is 0.522. The van der Waals surface area contributed by atoms with Crippen molar-refractivity contribution in [2.45, 2.75) is 77.6 Å². The number of fused-ring (bicyclic) bond motifs is 3. The molecule has 0 aliphatic carbocycles. The summed E-state index contributed by atoms with van der Waals surface area (Å²) in [6, 6.07) is 28.6. The van der Waals surface area contributed by atoms with Gasteiger partial charge in [-0.2, -0.15) is 0 Å². The third-order valence-corrected chi connectivity index (χ3v) is 8.82. The number of nitrogens with zero attached hydrogens (tertiary/aromatic N) is 3. The van der Waals surface area contributed by atoms with Gasteiger partial charge in [0.25, 0.3) is 0 Å². The van der Waals surface area contributed by atoms with Crippen molar-refractivity contribution in [3.05, 3.63) is 125 Å². The fraction of sp³-hybridized carbons (Fsp3) is 0.308. The van der Waals surface area contributed by atoms with E-state index in [1.54, 1.807) is 0 Å². The summed E-state index contributed by atoms with van der Waals surface area (Å²) in [4.78, 5) is 14.5. The van der Waals surface area contributed by atoms with Crippen LogP contribution < -0.4 is 0 Å². The predicted octanol–water partition coefficient (Wildman–Crippen LogP) is 9.67. The van der Waals surface area contributed by atoms with Crippen LogP contribution in [0.5, 0.6) is 0 Å². The van der Waals surface area contributed by atoms with Crippen LogP contribution >= 0.6 is 0 Å². The third-order valence-electron chi connectivity index (χ3n) is 8.82. The third kappa shape index (κ3) is 5.06. The number of aromatic nitrogens is 3. The second kappa shape index (κ2) is 10.3. The molecule has 0 aliphatic heterocycles. The Morgan fingerprint density at radius 1 is 0.476 bits per heavy atom. The van der Waals surface area contributed by atoms with Gasteiger partial charge in [-0.05, 0) is 69.5 Å². The molecule has 212 valence electrons. The highest BCUT2D eigenvalue weighted by Gasteiger charge is 2.29.